The zero-order chi connectivity index (χ0) is 11.2. The third kappa shape index (κ3) is 2.52. The quantitative estimate of drug-likeness (QED) is 0.770. The van der Waals surface area contributed by atoms with Crippen molar-refractivity contribution in [2.24, 2.45) is 0 Å². The molecule has 82 valence electrons. The van der Waals surface area contributed by atoms with Gasteiger partial charge in [0.15, 0.2) is 6.79 Å². The van der Waals surface area contributed by atoms with Gasteiger partial charge in [-0.2, -0.15) is 0 Å². The number of hydrogen-bond acceptors (Lipinski definition) is 3. The van der Waals surface area contributed by atoms with E-state index in [1.54, 1.807) is 0 Å². The van der Waals surface area contributed by atoms with Crippen molar-refractivity contribution in [1.82, 2.24) is 0 Å². The van der Waals surface area contributed by atoms with Crippen LogP contribution in [0.5, 0.6) is 5.75 Å². The molecule has 0 spiro atoms. The first-order valence-corrected chi connectivity index (χ1v) is 5.05. The Bertz CT molecular complexity index is 443. The van der Waals surface area contributed by atoms with Crippen molar-refractivity contribution in [3.8, 4) is 5.75 Å². The van der Waals surface area contributed by atoms with Crippen LogP contribution >= 0.6 is 0 Å². The maximum Gasteiger partial charge on any atom is 0.186 e. The van der Waals surface area contributed by atoms with Crippen LogP contribution in [-0.4, -0.2) is 11.9 Å². The highest BCUT2D eigenvalue weighted by molar-refractivity contribution is 5.65. The van der Waals surface area contributed by atoms with E-state index in [1.807, 2.05) is 54.6 Å². The van der Waals surface area contributed by atoms with Gasteiger partial charge in [0.2, 0.25) is 0 Å². The topological polar surface area (TPSA) is 41.5 Å². The molecule has 0 radical (unpaired) electrons. The highest BCUT2D eigenvalue weighted by Crippen LogP contribution is 2.26. The Balaban J connectivity index is 2.21. The zero-order valence-corrected chi connectivity index (χ0v) is 8.76. The summed E-state index contributed by atoms with van der Waals surface area (Å²) in [4.78, 5) is 0. The summed E-state index contributed by atoms with van der Waals surface area (Å²) in [5, 5.41) is 12.0. The van der Waals surface area contributed by atoms with Crippen molar-refractivity contribution in [2.45, 2.75) is 0 Å². The van der Waals surface area contributed by atoms with Crippen LogP contribution in [0.15, 0.2) is 54.6 Å². The minimum Gasteiger partial charge on any atom is -0.466 e. The fraction of sp³-hybridized carbons (Fsp3) is 0.0769. The second-order valence-electron chi connectivity index (χ2n) is 3.26. The molecule has 0 bridgehead atoms. The van der Waals surface area contributed by atoms with Crippen molar-refractivity contribution >= 4 is 11.4 Å². The van der Waals surface area contributed by atoms with E-state index in [1.165, 1.54) is 0 Å². The summed E-state index contributed by atoms with van der Waals surface area (Å²) in [6, 6.07) is 17.3. The van der Waals surface area contributed by atoms with Gasteiger partial charge in [-0.3, -0.25) is 0 Å². The number of aliphatic hydroxyl groups excluding tert-OH is 1. The lowest BCUT2D eigenvalue weighted by molar-refractivity contribution is 0.0992. The lowest BCUT2D eigenvalue weighted by Crippen LogP contribution is -1.98. The second kappa shape index (κ2) is 5.19. The van der Waals surface area contributed by atoms with Gasteiger partial charge in [-0.25, -0.2) is 0 Å². The number of nitrogens with one attached hydrogen (secondary N) is 1. The molecule has 3 heteroatoms. The van der Waals surface area contributed by atoms with Crippen LogP contribution in [0.25, 0.3) is 0 Å². The molecule has 0 aliphatic rings. The van der Waals surface area contributed by atoms with Crippen LogP contribution in [0.4, 0.5) is 11.4 Å². The normalized spacial score (nSPS) is 9.81. The van der Waals surface area contributed by atoms with Gasteiger partial charge in [-0.15, -0.1) is 0 Å². The molecule has 0 aliphatic carbocycles. The molecule has 16 heavy (non-hydrogen) atoms. The zero-order valence-electron chi connectivity index (χ0n) is 8.76. The Labute approximate surface area is 94.3 Å². The van der Waals surface area contributed by atoms with E-state index in [9.17, 15) is 0 Å². The maximum atomic E-state index is 8.76. The molecule has 0 aliphatic heterocycles. The SMILES string of the molecule is OCOc1ccccc1Nc1ccccc1. The predicted octanol–water partition coefficient (Wildman–Crippen LogP) is 2.76. The molecule has 0 heterocycles. The Kier molecular flexibility index (Phi) is 3.41. The number of hydrogen-bond donors (Lipinski definition) is 2. The van der Waals surface area contributed by atoms with E-state index in [0.717, 1.165) is 11.4 Å². The molecule has 2 N–H and O–H groups in total. The Morgan fingerprint density at radius 3 is 2.38 bits per heavy atom. The third-order valence-electron chi connectivity index (χ3n) is 2.16. The van der Waals surface area contributed by atoms with Gasteiger partial charge in [-0.1, -0.05) is 30.3 Å². The number of aliphatic hydroxyl groups is 1. The lowest BCUT2D eigenvalue weighted by Gasteiger charge is -2.11. The molecule has 0 fully saturated rings. The summed E-state index contributed by atoms with van der Waals surface area (Å²) >= 11 is 0. The van der Waals surface area contributed by atoms with Gasteiger partial charge in [0.25, 0.3) is 0 Å². The molecule has 0 saturated carbocycles. The molecule has 2 aromatic carbocycles. The molecule has 0 unspecified atom stereocenters. The smallest absolute Gasteiger partial charge is 0.186 e. The molecular formula is C13H13NO2. The molecular weight excluding hydrogens is 202 g/mol. The summed E-state index contributed by atoms with van der Waals surface area (Å²) in [6.45, 7) is -0.326. The number of ether oxygens (including phenoxy) is 1. The van der Waals surface area contributed by atoms with E-state index >= 15 is 0 Å². The van der Waals surface area contributed by atoms with Crippen LogP contribution in [0.3, 0.4) is 0 Å². The fourth-order valence-electron chi connectivity index (χ4n) is 1.44. The lowest BCUT2D eigenvalue weighted by atomic mass is 10.2. The highest BCUT2D eigenvalue weighted by atomic mass is 16.6. The Morgan fingerprint density at radius 2 is 1.62 bits per heavy atom. The average Bonchev–Trinajstić information content (AvgIpc) is 2.33. The van der Waals surface area contributed by atoms with Crippen molar-refractivity contribution in [1.29, 1.82) is 0 Å². The van der Waals surface area contributed by atoms with Crippen LogP contribution in [-0.2, 0) is 0 Å². The number of para-hydroxylation sites is 3. The first kappa shape index (κ1) is 10.5. The van der Waals surface area contributed by atoms with Gasteiger partial charge in [-0.05, 0) is 24.3 Å². The first-order valence-electron chi connectivity index (χ1n) is 5.05. The standard InChI is InChI=1S/C13H13NO2/c15-10-16-13-9-5-4-8-12(13)14-11-6-2-1-3-7-11/h1-9,14-15H,10H2. The second-order valence-corrected chi connectivity index (χ2v) is 3.26. The average molecular weight is 215 g/mol. The van der Waals surface area contributed by atoms with Gasteiger partial charge in [0.05, 0.1) is 5.69 Å². The van der Waals surface area contributed by atoms with E-state index in [4.69, 9.17) is 9.84 Å². The molecule has 0 amide bonds. The predicted molar refractivity (Wildman–Crippen MR) is 63.9 cm³/mol. The molecule has 2 rings (SSSR count). The molecule has 2 aromatic rings. The summed E-state index contributed by atoms with van der Waals surface area (Å²) in [6.07, 6.45) is 0. The Morgan fingerprint density at radius 1 is 0.938 bits per heavy atom. The number of rotatable bonds is 4. The molecule has 3 nitrogen and oxygen atoms in total. The first-order chi connectivity index (χ1) is 7.90. The number of benzene rings is 2. The maximum absolute atomic E-state index is 8.76. The van der Waals surface area contributed by atoms with Gasteiger partial charge >= 0.3 is 0 Å². The van der Waals surface area contributed by atoms with Crippen LogP contribution in [0.2, 0.25) is 0 Å². The van der Waals surface area contributed by atoms with Crippen LogP contribution in [0.1, 0.15) is 0 Å². The molecule has 0 aromatic heterocycles. The summed E-state index contributed by atoms with van der Waals surface area (Å²) < 4.78 is 5.10. The van der Waals surface area contributed by atoms with Gasteiger partial charge in [0, 0.05) is 5.69 Å². The van der Waals surface area contributed by atoms with Gasteiger partial charge in [0.1, 0.15) is 5.75 Å². The minimum absolute atomic E-state index is 0.326. The van der Waals surface area contributed by atoms with Gasteiger partial charge < -0.3 is 15.2 Å². The third-order valence-corrected chi connectivity index (χ3v) is 2.16. The van der Waals surface area contributed by atoms with Crippen LogP contribution in [0, 0.1) is 0 Å². The van der Waals surface area contributed by atoms with E-state index in [-0.39, 0.29) is 6.79 Å². The van der Waals surface area contributed by atoms with Crippen molar-refractivity contribution < 1.29 is 9.84 Å². The van der Waals surface area contributed by atoms with E-state index < -0.39 is 0 Å². The minimum atomic E-state index is -0.326. The summed E-state index contributed by atoms with van der Waals surface area (Å²) in [5.41, 5.74) is 1.82. The summed E-state index contributed by atoms with van der Waals surface area (Å²) in [5.74, 6) is 0.633. The molecule has 0 atom stereocenters. The van der Waals surface area contributed by atoms with E-state index in [0.29, 0.717) is 5.75 Å². The van der Waals surface area contributed by atoms with Crippen molar-refractivity contribution in [2.75, 3.05) is 12.1 Å². The van der Waals surface area contributed by atoms with E-state index in [2.05, 4.69) is 5.32 Å². The fourth-order valence-corrected chi connectivity index (χ4v) is 1.44. The van der Waals surface area contributed by atoms with Crippen LogP contribution < -0.4 is 10.1 Å². The Hall–Kier alpha value is -2.00. The van der Waals surface area contributed by atoms with Crippen molar-refractivity contribution in [3.63, 3.8) is 0 Å². The monoisotopic (exact) mass is 215 g/mol. The number of anilines is 2. The largest absolute Gasteiger partial charge is 0.466 e. The highest BCUT2D eigenvalue weighted by Gasteiger charge is 2.01. The van der Waals surface area contributed by atoms with Crippen molar-refractivity contribution in [3.05, 3.63) is 54.6 Å². The molecule has 0 saturated heterocycles. The summed E-state index contributed by atoms with van der Waals surface area (Å²) in [7, 11) is 0.